The van der Waals surface area contributed by atoms with Crippen molar-refractivity contribution in [2.45, 2.75) is 37.1 Å². The maximum absolute atomic E-state index is 12.8. The summed E-state index contributed by atoms with van der Waals surface area (Å²) in [5, 5.41) is 2.88. The molecule has 7 nitrogen and oxygen atoms in total. The molecule has 0 bridgehead atoms. The van der Waals surface area contributed by atoms with Crippen LogP contribution in [0.15, 0.2) is 18.2 Å². The van der Waals surface area contributed by atoms with Gasteiger partial charge in [-0.1, -0.05) is 12.1 Å². The summed E-state index contributed by atoms with van der Waals surface area (Å²) in [5.74, 6) is 0.256. The number of nitrogens with zero attached hydrogens (tertiary/aromatic N) is 2. The van der Waals surface area contributed by atoms with Crippen LogP contribution in [0, 0.1) is 0 Å². The zero-order valence-corrected chi connectivity index (χ0v) is 16.6. The van der Waals surface area contributed by atoms with E-state index in [-0.39, 0.29) is 42.2 Å². The number of alkyl halides is 3. The molecule has 1 aromatic rings. The number of carbonyl (C=O) groups is 2. The molecule has 2 atom stereocenters. The Morgan fingerprint density at radius 1 is 1.27 bits per heavy atom. The van der Waals surface area contributed by atoms with Crippen molar-refractivity contribution in [3.8, 4) is 5.75 Å². The van der Waals surface area contributed by atoms with Crippen LogP contribution in [0.5, 0.6) is 5.75 Å². The average molecular weight is 427 g/mol. The lowest BCUT2D eigenvalue weighted by Crippen LogP contribution is -2.63. The van der Waals surface area contributed by atoms with E-state index in [1.165, 1.54) is 19.2 Å². The highest BCUT2D eigenvalue weighted by molar-refractivity contribution is 5.79. The van der Waals surface area contributed by atoms with Gasteiger partial charge in [0.05, 0.1) is 25.7 Å². The van der Waals surface area contributed by atoms with Gasteiger partial charge >= 0.3 is 12.2 Å². The molecule has 3 aliphatic rings. The minimum atomic E-state index is -4.28. The number of hydrogen-bond donors (Lipinski definition) is 1. The van der Waals surface area contributed by atoms with E-state index in [2.05, 4.69) is 5.32 Å². The van der Waals surface area contributed by atoms with Gasteiger partial charge in [0.1, 0.15) is 12.4 Å². The minimum absolute atomic E-state index is 0.0130. The number of halogens is 3. The van der Waals surface area contributed by atoms with Crippen LogP contribution in [0.4, 0.5) is 18.0 Å². The van der Waals surface area contributed by atoms with Crippen molar-refractivity contribution in [3.63, 3.8) is 0 Å². The van der Waals surface area contributed by atoms with E-state index >= 15 is 0 Å². The van der Waals surface area contributed by atoms with Gasteiger partial charge in [-0.3, -0.25) is 4.79 Å². The van der Waals surface area contributed by atoms with Crippen molar-refractivity contribution in [2.24, 2.45) is 0 Å². The van der Waals surface area contributed by atoms with Crippen molar-refractivity contribution < 1.29 is 32.2 Å². The molecule has 3 aliphatic heterocycles. The molecule has 0 unspecified atom stereocenters. The molecule has 164 valence electrons. The van der Waals surface area contributed by atoms with E-state index in [4.69, 9.17) is 9.47 Å². The SMILES string of the molecule is COc1cc(CC(F)(F)F)ccc1C1CN(C(=O)N2CC[C@@H]3OCC(=O)N[C@@H]3C2)C1. The van der Waals surface area contributed by atoms with Crippen molar-refractivity contribution in [1.82, 2.24) is 15.1 Å². The number of nitrogens with one attached hydrogen (secondary N) is 1. The quantitative estimate of drug-likeness (QED) is 0.800. The van der Waals surface area contributed by atoms with Gasteiger partial charge in [0, 0.05) is 37.7 Å². The largest absolute Gasteiger partial charge is 0.496 e. The third-order valence-electron chi connectivity index (χ3n) is 5.89. The lowest BCUT2D eigenvalue weighted by Gasteiger charge is -2.46. The standard InChI is InChI=1S/C20H24F3N3O4/c1-29-17-6-12(7-20(21,22)23)2-3-14(17)13-8-26(9-13)19(28)25-5-4-16-15(10-25)24-18(27)11-30-16/h2-3,6,13,15-16H,4-5,7-11H2,1H3,(H,24,27)/t15-,16+/m1/s1. The Bertz CT molecular complexity index is 826. The van der Waals surface area contributed by atoms with Crippen LogP contribution in [0.3, 0.4) is 0 Å². The van der Waals surface area contributed by atoms with Gasteiger partial charge in [0.2, 0.25) is 5.91 Å². The Kier molecular flexibility index (Phi) is 5.52. The summed E-state index contributed by atoms with van der Waals surface area (Å²) >= 11 is 0. The Labute approximate surface area is 172 Å². The summed E-state index contributed by atoms with van der Waals surface area (Å²) in [7, 11) is 1.43. The lowest BCUT2D eigenvalue weighted by molar-refractivity contribution is -0.139. The molecule has 1 N–H and O–H groups in total. The van der Waals surface area contributed by atoms with E-state index in [0.717, 1.165) is 5.56 Å². The van der Waals surface area contributed by atoms with Crippen LogP contribution in [0.25, 0.3) is 0 Å². The molecule has 1 aromatic carbocycles. The summed E-state index contributed by atoms with van der Waals surface area (Å²) in [6.45, 7) is 1.98. The van der Waals surface area contributed by atoms with Gasteiger partial charge < -0.3 is 24.6 Å². The second-order valence-corrected chi connectivity index (χ2v) is 8.01. The maximum Gasteiger partial charge on any atom is 0.393 e. The van der Waals surface area contributed by atoms with Crippen LogP contribution in [-0.2, 0) is 16.0 Å². The molecule has 0 saturated carbocycles. The zero-order valence-electron chi connectivity index (χ0n) is 16.6. The summed E-state index contributed by atoms with van der Waals surface area (Å²) in [4.78, 5) is 27.8. The van der Waals surface area contributed by atoms with Crippen LogP contribution in [-0.4, -0.2) is 80.0 Å². The van der Waals surface area contributed by atoms with Crippen LogP contribution in [0.2, 0.25) is 0 Å². The van der Waals surface area contributed by atoms with Crippen LogP contribution >= 0.6 is 0 Å². The fraction of sp³-hybridized carbons (Fsp3) is 0.600. The smallest absolute Gasteiger partial charge is 0.393 e. The maximum atomic E-state index is 12.8. The third-order valence-corrected chi connectivity index (χ3v) is 5.89. The number of amides is 3. The number of ether oxygens (including phenoxy) is 2. The fourth-order valence-corrected chi connectivity index (χ4v) is 4.34. The molecule has 10 heteroatoms. The Balaban J connectivity index is 1.35. The number of morpholine rings is 1. The predicted octanol–water partition coefficient (Wildman–Crippen LogP) is 1.91. The fourth-order valence-electron chi connectivity index (χ4n) is 4.34. The van der Waals surface area contributed by atoms with E-state index < -0.39 is 12.6 Å². The van der Waals surface area contributed by atoms with Gasteiger partial charge in [-0.15, -0.1) is 0 Å². The number of benzene rings is 1. The lowest BCUT2D eigenvalue weighted by atomic mass is 9.89. The topological polar surface area (TPSA) is 71.1 Å². The monoisotopic (exact) mass is 427 g/mol. The molecule has 0 spiro atoms. The number of urea groups is 1. The first kappa shape index (κ1) is 20.8. The summed E-state index contributed by atoms with van der Waals surface area (Å²) in [6.07, 6.45) is -4.67. The predicted molar refractivity (Wildman–Crippen MR) is 100 cm³/mol. The highest BCUT2D eigenvalue weighted by atomic mass is 19.4. The first-order chi connectivity index (χ1) is 14.2. The molecule has 3 amide bonds. The summed E-state index contributed by atoms with van der Waals surface area (Å²) < 4.78 is 48.7. The molecule has 0 aromatic heterocycles. The second kappa shape index (κ2) is 7.98. The Morgan fingerprint density at radius 3 is 2.73 bits per heavy atom. The van der Waals surface area contributed by atoms with Crippen LogP contribution < -0.4 is 10.1 Å². The van der Waals surface area contributed by atoms with Crippen molar-refractivity contribution in [1.29, 1.82) is 0 Å². The zero-order chi connectivity index (χ0) is 21.5. The molecule has 0 radical (unpaired) electrons. The van der Waals surface area contributed by atoms with Crippen molar-refractivity contribution in [3.05, 3.63) is 29.3 Å². The molecule has 0 aliphatic carbocycles. The van der Waals surface area contributed by atoms with Crippen molar-refractivity contribution >= 4 is 11.9 Å². The van der Waals surface area contributed by atoms with Gasteiger partial charge in [-0.05, 0) is 18.1 Å². The normalized spacial score (nSPS) is 24.7. The molecule has 3 saturated heterocycles. The number of fused-ring (bicyclic) bond motifs is 1. The number of hydrogen-bond acceptors (Lipinski definition) is 4. The summed E-state index contributed by atoms with van der Waals surface area (Å²) in [6, 6.07) is 4.25. The first-order valence-electron chi connectivity index (χ1n) is 9.92. The van der Waals surface area contributed by atoms with Gasteiger partial charge in [0.15, 0.2) is 0 Å². The molecular formula is C20H24F3N3O4. The van der Waals surface area contributed by atoms with Gasteiger partial charge in [0.25, 0.3) is 0 Å². The van der Waals surface area contributed by atoms with Gasteiger partial charge in [-0.2, -0.15) is 13.2 Å². The average Bonchev–Trinajstić information content (AvgIpc) is 2.65. The Hall–Kier alpha value is -2.49. The Morgan fingerprint density at radius 2 is 2.03 bits per heavy atom. The summed E-state index contributed by atoms with van der Waals surface area (Å²) in [5.41, 5.74) is 0.953. The number of carbonyl (C=O) groups excluding carboxylic acids is 2. The molecule has 3 heterocycles. The van der Waals surface area contributed by atoms with E-state index in [1.807, 2.05) is 0 Å². The number of likely N-dealkylation sites (tertiary alicyclic amines) is 2. The van der Waals surface area contributed by atoms with E-state index in [1.54, 1.807) is 15.9 Å². The van der Waals surface area contributed by atoms with Crippen molar-refractivity contribution in [2.75, 3.05) is 39.9 Å². The highest BCUT2D eigenvalue weighted by Gasteiger charge is 2.41. The van der Waals surface area contributed by atoms with Gasteiger partial charge in [-0.25, -0.2) is 4.79 Å². The number of rotatable bonds is 3. The minimum Gasteiger partial charge on any atom is -0.496 e. The third kappa shape index (κ3) is 4.33. The van der Waals surface area contributed by atoms with Crippen LogP contribution in [0.1, 0.15) is 23.5 Å². The first-order valence-corrected chi connectivity index (χ1v) is 9.92. The molecule has 30 heavy (non-hydrogen) atoms. The molecule has 4 rings (SSSR count). The van der Waals surface area contributed by atoms with E-state index in [9.17, 15) is 22.8 Å². The molecule has 3 fully saturated rings. The highest BCUT2D eigenvalue weighted by Crippen LogP contribution is 2.36. The van der Waals surface area contributed by atoms with E-state index in [0.29, 0.717) is 38.3 Å². The number of piperidine rings is 1. The number of methoxy groups -OCH3 is 1. The second-order valence-electron chi connectivity index (χ2n) is 8.01. The molecular weight excluding hydrogens is 403 g/mol.